The van der Waals surface area contributed by atoms with E-state index in [-0.39, 0.29) is 23.8 Å². The third-order valence-electron chi connectivity index (χ3n) is 6.08. The van der Waals surface area contributed by atoms with Crippen LogP contribution < -0.4 is 26.4 Å². The summed E-state index contributed by atoms with van der Waals surface area (Å²) < 4.78 is 5.64. The van der Waals surface area contributed by atoms with Crippen molar-refractivity contribution in [1.29, 1.82) is 5.41 Å². The SMILES string of the molecule is CCC.CN(C)C(=N)c1ccc(C(=O)Nc2ccc(OCC(=O)NCCCCCCN)cc2C(=O)Nc2ccccn2)cc1. The van der Waals surface area contributed by atoms with Crippen LogP contribution >= 0.6 is 0 Å². The van der Waals surface area contributed by atoms with E-state index in [0.717, 1.165) is 25.7 Å². The summed E-state index contributed by atoms with van der Waals surface area (Å²) >= 11 is 0. The third kappa shape index (κ3) is 12.2. The number of nitrogens with zero attached hydrogens (tertiary/aromatic N) is 2. The number of carbonyl (C=O) groups is 3. The van der Waals surface area contributed by atoms with E-state index < -0.39 is 11.8 Å². The lowest BCUT2D eigenvalue weighted by atomic mass is 10.1. The fraction of sp³-hybridized carbons (Fsp3) is 0.364. The Labute approximate surface area is 260 Å². The number of anilines is 2. The monoisotopic (exact) mass is 603 g/mol. The van der Waals surface area contributed by atoms with Gasteiger partial charge in [-0.3, -0.25) is 19.8 Å². The molecule has 0 fully saturated rings. The van der Waals surface area contributed by atoms with Crippen LogP contribution in [0, 0.1) is 5.41 Å². The topological polar surface area (TPSA) is 163 Å². The van der Waals surface area contributed by atoms with E-state index in [4.69, 9.17) is 15.9 Å². The summed E-state index contributed by atoms with van der Waals surface area (Å²) in [6.45, 7) is 5.25. The van der Waals surface area contributed by atoms with Crippen LogP contribution in [0.2, 0.25) is 0 Å². The molecule has 1 aromatic heterocycles. The molecule has 0 saturated carbocycles. The maximum atomic E-state index is 13.2. The molecule has 0 bridgehead atoms. The molecule has 0 aliphatic rings. The number of aromatic nitrogens is 1. The normalized spacial score (nSPS) is 10.1. The van der Waals surface area contributed by atoms with Crippen molar-refractivity contribution in [1.82, 2.24) is 15.2 Å². The highest BCUT2D eigenvalue weighted by atomic mass is 16.5. The van der Waals surface area contributed by atoms with E-state index in [9.17, 15) is 14.4 Å². The van der Waals surface area contributed by atoms with E-state index in [0.29, 0.717) is 41.6 Å². The predicted octanol–water partition coefficient (Wildman–Crippen LogP) is 4.90. The Bertz CT molecular complexity index is 1350. The molecule has 236 valence electrons. The average Bonchev–Trinajstić information content (AvgIpc) is 3.02. The molecule has 0 aliphatic heterocycles. The number of nitrogens with two attached hydrogens (primary N) is 1. The maximum Gasteiger partial charge on any atom is 0.259 e. The first-order chi connectivity index (χ1) is 21.2. The molecule has 3 rings (SSSR count). The fourth-order valence-corrected chi connectivity index (χ4v) is 3.81. The number of pyridine rings is 1. The summed E-state index contributed by atoms with van der Waals surface area (Å²) in [4.78, 5) is 44.2. The summed E-state index contributed by atoms with van der Waals surface area (Å²) in [5, 5.41) is 16.4. The average molecular weight is 604 g/mol. The Kier molecular flexibility index (Phi) is 15.6. The van der Waals surface area contributed by atoms with Crippen LogP contribution in [-0.4, -0.2) is 67.2 Å². The van der Waals surface area contributed by atoms with Gasteiger partial charge >= 0.3 is 0 Å². The molecule has 0 unspecified atom stereocenters. The van der Waals surface area contributed by atoms with Gasteiger partial charge < -0.3 is 31.3 Å². The summed E-state index contributed by atoms with van der Waals surface area (Å²) in [5.41, 5.74) is 6.90. The van der Waals surface area contributed by atoms with Gasteiger partial charge in [-0.05, 0) is 61.9 Å². The summed E-state index contributed by atoms with van der Waals surface area (Å²) in [5.74, 6) is -0.270. The molecule has 0 radical (unpaired) electrons. The summed E-state index contributed by atoms with van der Waals surface area (Å²) in [6.07, 6.45) is 6.65. The van der Waals surface area contributed by atoms with E-state index >= 15 is 0 Å². The van der Waals surface area contributed by atoms with Gasteiger partial charge in [0.2, 0.25) is 0 Å². The molecular formula is C33H45N7O4. The van der Waals surface area contributed by atoms with Crippen molar-refractivity contribution in [2.24, 2.45) is 5.73 Å². The Morgan fingerprint density at radius 2 is 1.57 bits per heavy atom. The molecule has 6 N–H and O–H groups in total. The molecule has 44 heavy (non-hydrogen) atoms. The van der Waals surface area contributed by atoms with Gasteiger partial charge in [0.05, 0.1) is 11.3 Å². The highest BCUT2D eigenvalue weighted by Gasteiger charge is 2.17. The Morgan fingerprint density at radius 1 is 0.886 bits per heavy atom. The molecule has 2 aromatic carbocycles. The van der Waals surface area contributed by atoms with Gasteiger partial charge in [0.1, 0.15) is 17.4 Å². The van der Waals surface area contributed by atoms with Crippen molar-refractivity contribution in [2.75, 3.05) is 44.4 Å². The first kappa shape index (κ1) is 35.4. The molecule has 11 nitrogen and oxygen atoms in total. The van der Waals surface area contributed by atoms with Crippen molar-refractivity contribution in [2.45, 2.75) is 46.0 Å². The first-order valence-corrected chi connectivity index (χ1v) is 14.8. The van der Waals surface area contributed by atoms with Gasteiger partial charge in [-0.2, -0.15) is 0 Å². The highest BCUT2D eigenvalue weighted by Crippen LogP contribution is 2.24. The van der Waals surface area contributed by atoms with Gasteiger partial charge in [-0.25, -0.2) is 4.98 Å². The number of amidine groups is 1. The van der Waals surface area contributed by atoms with Crippen molar-refractivity contribution in [3.05, 3.63) is 83.6 Å². The summed E-state index contributed by atoms with van der Waals surface area (Å²) in [6, 6.07) is 16.3. The highest BCUT2D eigenvalue weighted by molar-refractivity contribution is 6.12. The number of rotatable bonds is 14. The number of carbonyl (C=O) groups excluding carboxylic acids is 3. The second-order valence-corrected chi connectivity index (χ2v) is 10.2. The molecule has 3 amide bonds. The molecule has 11 heteroatoms. The Morgan fingerprint density at radius 3 is 2.20 bits per heavy atom. The van der Waals surface area contributed by atoms with Gasteiger partial charge in [-0.1, -0.05) is 51.3 Å². The largest absolute Gasteiger partial charge is 0.484 e. The predicted molar refractivity (Wildman–Crippen MR) is 176 cm³/mol. The lowest BCUT2D eigenvalue weighted by Gasteiger charge is -2.15. The van der Waals surface area contributed by atoms with E-state index in [1.54, 1.807) is 79.8 Å². The Balaban J connectivity index is 0.00000216. The number of hydrogen-bond acceptors (Lipinski definition) is 7. The molecule has 0 saturated heterocycles. The molecule has 1 heterocycles. The summed E-state index contributed by atoms with van der Waals surface area (Å²) in [7, 11) is 3.54. The van der Waals surface area contributed by atoms with Crippen LogP contribution in [0.3, 0.4) is 0 Å². The van der Waals surface area contributed by atoms with E-state index in [2.05, 4.69) is 34.8 Å². The smallest absolute Gasteiger partial charge is 0.259 e. The standard InChI is InChI=1S/C30H37N7O4.C3H8/c1-37(2)28(32)21-10-12-22(13-11-21)29(39)35-25-15-14-23(41-20-27(38)34-18-7-4-3-6-16-31)19-24(25)30(40)36-26-9-5-8-17-33-26;1-3-2/h5,8-15,17,19,32H,3-4,6-7,16,18,20,31H2,1-2H3,(H,34,38)(H,35,39)(H,33,36,40);3H2,1-2H3. The maximum absolute atomic E-state index is 13.2. The van der Waals surface area contributed by atoms with Crippen LogP contribution in [0.15, 0.2) is 66.9 Å². The lowest BCUT2D eigenvalue weighted by Crippen LogP contribution is -2.29. The first-order valence-electron chi connectivity index (χ1n) is 14.8. The molecular weight excluding hydrogens is 558 g/mol. The van der Waals surface area contributed by atoms with Crippen LogP contribution in [0.25, 0.3) is 0 Å². The number of amides is 3. The van der Waals surface area contributed by atoms with Crippen molar-refractivity contribution < 1.29 is 19.1 Å². The van der Waals surface area contributed by atoms with Gasteiger partial charge in [0, 0.05) is 38.0 Å². The van der Waals surface area contributed by atoms with E-state index in [1.165, 1.54) is 12.5 Å². The number of nitrogens with one attached hydrogen (secondary N) is 4. The number of benzene rings is 2. The van der Waals surface area contributed by atoms with Crippen LogP contribution in [0.1, 0.15) is 72.2 Å². The zero-order chi connectivity index (χ0) is 32.3. The minimum Gasteiger partial charge on any atom is -0.484 e. The second kappa shape index (κ2) is 19.4. The van der Waals surface area contributed by atoms with Crippen molar-refractivity contribution in [3.63, 3.8) is 0 Å². The quantitative estimate of drug-likeness (QED) is 0.0994. The van der Waals surface area contributed by atoms with Crippen LogP contribution in [0.4, 0.5) is 11.5 Å². The minimum atomic E-state index is -0.513. The zero-order valence-electron chi connectivity index (χ0n) is 26.1. The van der Waals surface area contributed by atoms with Gasteiger partial charge in [-0.15, -0.1) is 0 Å². The fourth-order valence-electron chi connectivity index (χ4n) is 3.81. The molecule has 0 aliphatic carbocycles. The second-order valence-electron chi connectivity index (χ2n) is 10.2. The molecule has 0 atom stereocenters. The van der Waals surface area contributed by atoms with Crippen LogP contribution in [-0.2, 0) is 4.79 Å². The van der Waals surface area contributed by atoms with Gasteiger partial charge in [0.25, 0.3) is 17.7 Å². The molecule has 3 aromatic rings. The number of unbranched alkanes of at least 4 members (excludes halogenated alkanes) is 3. The Hall–Kier alpha value is -4.77. The lowest BCUT2D eigenvalue weighted by molar-refractivity contribution is -0.123. The minimum absolute atomic E-state index is 0.132. The third-order valence-corrected chi connectivity index (χ3v) is 6.08. The van der Waals surface area contributed by atoms with Crippen molar-refractivity contribution in [3.8, 4) is 5.75 Å². The zero-order valence-corrected chi connectivity index (χ0v) is 26.1. The van der Waals surface area contributed by atoms with Crippen LogP contribution in [0.5, 0.6) is 5.75 Å². The number of hydrogen-bond donors (Lipinski definition) is 5. The van der Waals surface area contributed by atoms with Crippen molar-refractivity contribution >= 4 is 35.1 Å². The molecule has 0 spiro atoms. The van der Waals surface area contributed by atoms with Gasteiger partial charge in [0.15, 0.2) is 6.61 Å². The van der Waals surface area contributed by atoms with E-state index in [1.807, 2.05) is 0 Å². The number of ether oxygens (including phenoxy) is 1.